The van der Waals surface area contributed by atoms with E-state index in [9.17, 15) is 23.2 Å². The number of nitrogens with zero attached hydrogens (tertiary/aromatic N) is 3. The van der Waals surface area contributed by atoms with E-state index in [1.165, 1.54) is 11.0 Å². The maximum Gasteiger partial charge on any atom is 0.286 e. The predicted octanol–water partition coefficient (Wildman–Crippen LogP) is 3.29. The molecule has 186 valence electrons. The zero-order valence-electron chi connectivity index (χ0n) is 18.6. The van der Waals surface area contributed by atoms with Crippen LogP contribution in [0.3, 0.4) is 0 Å². The van der Waals surface area contributed by atoms with E-state index in [1.807, 2.05) is 0 Å². The Morgan fingerprint density at radius 1 is 0.944 bits per heavy atom. The predicted molar refractivity (Wildman–Crippen MR) is 124 cm³/mol. The molecule has 0 aliphatic carbocycles. The Labute approximate surface area is 207 Å². The Bertz CT molecular complexity index is 1320. The van der Waals surface area contributed by atoms with Gasteiger partial charge >= 0.3 is 0 Å². The molecule has 5 rings (SSSR count). The Balaban J connectivity index is 1.16. The van der Waals surface area contributed by atoms with Gasteiger partial charge in [-0.25, -0.2) is 8.78 Å². The second-order valence-corrected chi connectivity index (χ2v) is 9.06. The first kappa shape index (κ1) is 23.6. The molecule has 0 bridgehead atoms. The number of fused-ring (bicyclic) bond motifs is 1. The number of piperidine rings is 1. The third kappa shape index (κ3) is 4.82. The lowest BCUT2D eigenvalue weighted by molar-refractivity contribution is -0.121. The lowest BCUT2D eigenvalue weighted by Crippen LogP contribution is -2.41. The molecule has 0 unspecified atom stereocenters. The van der Waals surface area contributed by atoms with Crippen LogP contribution in [0, 0.1) is 17.6 Å². The summed E-state index contributed by atoms with van der Waals surface area (Å²) in [6, 6.07) is 8.28. The average molecular weight is 515 g/mol. The number of anilines is 2. The van der Waals surface area contributed by atoms with Crippen LogP contribution in [0.5, 0.6) is 11.5 Å². The molecule has 0 spiro atoms. The van der Waals surface area contributed by atoms with Crippen LogP contribution in [0.1, 0.15) is 32.4 Å². The van der Waals surface area contributed by atoms with Crippen molar-refractivity contribution >= 4 is 40.4 Å². The van der Waals surface area contributed by atoms with Crippen molar-refractivity contribution in [2.24, 2.45) is 5.92 Å². The van der Waals surface area contributed by atoms with E-state index >= 15 is 0 Å². The van der Waals surface area contributed by atoms with Crippen LogP contribution in [-0.4, -0.2) is 52.7 Å². The van der Waals surface area contributed by atoms with Gasteiger partial charge in [0.15, 0.2) is 11.5 Å². The second-order valence-electron chi connectivity index (χ2n) is 8.09. The van der Waals surface area contributed by atoms with E-state index in [-0.39, 0.29) is 29.9 Å². The van der Waals surface area contributed by atoms with E-state index in [4.69, 9.17) is 9.47 Å². The van der Waals surface area contributed by atoms with Crippen LogP contribution in [0.2, 0.25) is 0 Å². The third-order valence-electron chi connectivity index (χ3n) is 5.80. The number of para-hydroxylation sites is 1. The summed E-state index contributed by atoms with van der Waals surface area (Å²) in [6.45, 7) is 0.602. The number of carbonyl (C=O) groups excluding carboxylic acids is 3. The summed E-state index contributed by atoms with van der Waals surface area (Å²) in [5.74, 6) is -2.57. The molecule has 2 N–H and O–H groups in total. The number of rotatable bonds is 5. The fourth-order valence-electron chi connectivity index (χ4n) is 3.88. The molecule has 0 saturated carbocycles. The van der Waals surface area contributed by atoms with Crippen molar-refractivity contribution in [1.82, 2.24) is 15.1 Å². The van der Waals surface area contributed by atoms with Gasteiger partial charge in [0.05, 0.1) is 0 Å². The maximum absolute atomic E-state index is 13.8. The van der Waals surface area contributed by atoms with Gasteiger partial charge in [0.25, 0.3) is 11.8 Å². The molecule has 0 atom stereocenters. The van der Waals surface area contributed by atoms with Gasteiger partial charge in [0.2, 0.25) is 22.7 Å². The SMILES string of the molecule is O=C(Nc1ccc2c(c1)OCO2)c1nnc(C(=O)N2CCC(C(=O)Nc3c(F)cccc3F)CC2)s1. The monoisotopic (exact) mass is 515 g/mol. The Morgan fingerprint density at radius 2 is 1.64 bits per heavy atom. The number of benzene rings is 2. The molecular weight excluding hydrogens is 496 g/mol. The smallest absolute Gasteiger partial charge is 0.286 e. The topological polar surface area (TPSA) is 123 Å². The molecule has 3 amide bonds. The van der Waals surface area contributed by atoms with Crippen molar-refractivity contribution in [2.75, 3.05) is 30.5 Å². The number of nitrogens with one attached hydrogen (secondary N) is 2. The Hall–Kier alpha value is -4.13. The Kier molecular flexibility index (Phi) is 6.46. The summed E-state index contributed by atoms with van der Waals surface area (Å²) in [4.78, 5) is 39.4. The van der Waals surface area contributed by atoms with Gasteiger partial charge in [-0.3, -0.25) is 14.4 Å². The number of aromatic nitrogens is 2. The van der Waals surface area contributed by atoms with Crippen molar-refractivity contribution in [3.63, 3.8) is 0 Å². The standard InChI is InChI=1S/C23H19F2N5O5S/c24-14-2-1-3-15(25)18(14)27-19(31)12-6-8-30(9-7-12)23(33)22-29-28-21(36-22)20(32)26-13-4-5-16-17(10-13)35-11-34-16/h1-5,10,12H,6-9,11H2,(H,26,32)(H,27,31). The molecule has 10 nitrogen and oxygen atoms in total. The zero-order valence-corrected chi connectivity index (χ0v) is 19.4. The lowest BCUT2D eigenvalue weighted by atomic mass is 9.95. The minimum absolute atomic E-state index is 0.0113. The second kappa shape index (κ2) is 9.85. The zero-order chi connectivity index (χ0) is 25.2. The highest BCUT2D eigenvalue weighted by Crippen LogP contribution is 2.34. The van der Waals surface area contributed by atoms with Gasteiger partial charge in [0.1, 0.15) is 17.3 Å². The fourth-order valence-corrected chi connectivity index (χ4v) is 4.59. The van der Waals surface area contributed by atoms with Crippen molar-refractivity contribution in [2.45, 2.75) is 12.8 Å². The molecule has 13 heteroatoms. The fraction of sp³-hybridized carbons (Fsp3) is 0.261. The largest absolute Gasteiger partial charge is 0.454 e. The highest BCUT2D eigenvalue weighted by molar-refractivity contribution is 7.15. The minimum Gasteiger partial charge on any atom is -0.454 e. The van der Waals surface area contributed by atoms with Crippen molar-refractivity contribution in [1.29, 1.82) is 0 Å². The summed E-state index contributed by atoms with van der Waals surface area (Å²) < 4.78 is 38.1. The van der Waals surface area contributed by atoms with Crippen molar-refractivity contribution in [3.8, 4) is 11.5 Å². The molecule has 3 heterocycles. The van der Waals surface area contributed by atoms with E-state index in [2.05, 4.69) is 20.8 Å². The summed E-state index contributed by atoms with van der Waals surface area (Å²) in [5.41, 5.74) is -0.00985. The molecule has 2 aliphatic heterocycles. The van der Waals surface area contributed by atoms with Crippen LogP contribution in [0.15, 0.2) is 36.4 Å². The van der Waals surface area contributed by atoms with Crippen LogP contribution in [0.25, 0.3) is 0 Å². The first-order valence-corrected chi connectivity index (χ1v) is 11.8. The summed E-state index contributed by atoms with van der Waals surface area (Å²) in [5, 5.41) is 12.7. The summed E-state index contributed by atoms with van der Waals surface area (Å²) in [6.07, 6.45) is 0.619. The van der Waals surface area contributed by atoms with Gasteiger partial charge in [-0.2, -0.15) is 0 Å². The van der Waals surface area contributed by atoms with Gasteiger partial charge < -0.3 is 25.0 Å². The molecule has 0 radical (unpaired) electrons. The van der Waals surface area contributed by atoms with Gasteiger partial charge in [-0.05, 0) is 37.1 Å². The van der Waals surface area contributed by atoms with Gasteiger partial charge in [-0.15, -0.1) is 10.2 Å². The van der Waals surface area contributed by atoms with Crippen molar-refractivity contribution < 1.29 is 32.6 Å². The first-order chi connectivity index (χ1) is 17.4. The number of halogens is 2. The third-order valence-corrected chi connectivity index (χ3v) is 6.71. The highest BCUT2D eigenvalue weighted by atomic mass is 32.1. The number of ether oxygens (including phenoxy) is 2. The molecule has 36 heavy (non-hydrogen) atoms. The molecular formula is C23H19F2N5O5S. The average Bonchev–Trinajstić information content (AvgIpc) is 3.56. The van der Waals surface area contributed by atoms with Crippen molar-refractivity contribution in [3.05, 3.63) is 58.0 Å². The van der Waals surface area contributed by atoms with E-state index in [0.717, 1.165) is 23.5 Å². The van der Waals surface area contributed by atoms with E-state index in [0.29, 0.717) is 30.0 Å². The molecule has 3 aromatic rings. The Morgan fingerprint density at radius 3 is 2.39 bits per heavy atom. The quantitative estimate of drug-likeness (QED) is 0.535. The molecule has 1 fully saturated rings. The van der Waals surface area contributed by atoms with Crippen LogP contribution < -0.4 is 20.1 Å². The number of likely N-dealkylation sites (tertiary alicyclic amines) is 1. The number of hydrogen-bond acceptors (Lipinski definition) is 8. The summed E-state index contributed by atoms with van der Waals surface area (Å²) >= 11 is 0.855. The number of amides is 3. The van der Waals surface area contributed by atoms with Crippen LogP contribution in [-0.2, 0) is 4.79 Å². The molecule has 2 aromatic carbocycles. The van der Waals surface area contributed by atoms with Crippen LogP contribution >= 0.6 is 11.3 Å². The number of hydrogen-bond donors (Lipinski definition) is 2. The lowest BCUT2D eigenvalue weighted by Gasteiger charge is -2.30. The van der Waals surface area contributed by atoms with Gasteiger partial charge in [0, 0.05) is 30.8 Å². The first-order valence-electron chi connectivity index (χ1n) is 11.0. The highest BCUT2D eigenvalue weighted by Gasteiger charge is 2.30. The van der Waals surface area contributed by atoms with Gasteiger partial charge in [-0.1, -0.05) is 17.4 Å². The normalized spacial score (nSPS) is 15.0. The number of carbonyl (C=O) groups is 3. The maximum atomic E-state index is 13.8. The van der Waals surface area contributed by atoms with E-state index < -0.39 is 41.0 Å². The molecule has 1 saturated heterocycles. The molecule has 2 aliphatic rings. The van der Waals surface area contributed by atoms with Crippen LogP contribution in [0.4, 0.5) is 20.2 Å². The minimum atomic E-state index is -0.856. The summed E-state index contributed by atoms with van der Waals surface area (Å²) in [7, 11) is 0. The molecule has 1 aromatic heterocycles. The van der Waals surface area contributed by atoms with E-state index in [1.54, 1.807) is 18.2 Å².